The molecule has 3 aromatic rings. The molecule has 0 atom stereocenters. The van der Waals surface area contributed by atoms with Crippen molar-refractivity contribution in [3.05, 3.63) is 53.5 Å². The number of likely N-dealkylation sites (tertiary alicyclic amines) is 1. The van der Waals surface area contributed by atoms with Crippen LogP contribution in [0.25, 0.3) is 11.0 Å². The number of piperidine rings is 1. The first kappa shape index (κ1) is 25.4. The van der Waals surface area contributed by atoms with E-state index in [0.29, 0.717) is 41.8 Å². The Kier molecular flexibility index (Phi) is 6.89. The van der Waals surface area contributed by atoms with Crippen LogP contribution in [0.2, 0.25) is 0 Å². The number of carbonyl (C=O) groups is 1. The van der Waals surface area contributed by atoms with Crippen LogP contribution in [0.15, 0.2) is 40.9 Å². The smallest absolute Gasteiger partial charge is 0.170 e. The molecule has 2 fully saturated rings. The number of fused-ring (bicyclic) bond motifs is 2. The number of hydrogen-bond acceptors (Lipinski definition) is 6. The van der Waals surface area contributed by atoms with Gasteiger partial charge in [-0.2, -0.15) is 0 Å². The van der Waals surface area contributed by atoms with E-state index in [4.69, 9.17) is 14.0 Å². The Morgan fingerprint density at radius 2 is 1.79 bits per heavy atom. The standard InChI is InChI=1S/C31H37FN2O4/c1-31(2)17-27(35)25-10-8-24(16-28(25)37-31)36-19-21-5-3-20(4-6-21)18-34-13-11-22(12-14-34)30-26-9-7-23(32)15-29(26)38-33-30/h7-10,15-16,20-22H,3-6,11-14,17-19H2,1-2H3. The zero-order valence-electron chi connectivity index (χ0n) is 22.4. The Morgan fingerprint density at radius 1 is 1.03 bits per heavy atom. The highest BCUT2D eigenvalue weighted by molar-refractivity contribution is 6.00. The number of Topliss-reactive ketones (excluding diaryl/α,β-unsaturated/α-hetero) is 1. The molecular formula is C31H37FN2O4. The minimum atomic E-state index is -0.471. The van der Waals surface area contributed by atoms with Gasteiger partial charge in [-0.25, -0.2) is 4.39 Å². The zero-order chi connectivity index (χ0) is 26.3. The van der Waals surface area contributed by atoms with Gasteiger partial charge >= 0.3 is 0 Å². The minimum Gasteiger partial charge on any atom is -0.493 e. The third-order valence-corrected chi connectivity index (χ3v) is 8.63. The highest BCUT2D eigenvalue weighted by atomic mass is 19.1. The van der Waals surface area contributed by atoms with Crippen molar-refractivity contribution in [2.75, 3.05) is 26.2 Å². The van der Waals surface area contributed by atoms with Crippen LogP contribution in [-0.4, -0.2) is 47.7 Å². The molecule has 3 aliphatic rings. The SMILES string of the molecule is CC1(C)CC(=O)c2ccc(OCC3CCC(CN4CCC(c5noc6cc(F)ccc56)CC4)CC3)cc2O1. The van der Waals surface area contributed by atoms with Crippen molar-refractivity contribution < 1.29 is 23.2 Å². The Balaban J connectivity index is 0.945. The number of ether oxygens (including phenoxy) is 2. The predicted octanol–water partition coefficient (Wildman–Crippen LogP) is 6.78. The Hall–Kier alpha value is -2.93. The highest BCUT2D eigenvalue weighted by Gasteiger charge is 2.33. The first-order valence-corrected chi connectivity index (χ1v) is 14.1. The lowest BCUT2D eigenvalue weighted by atomic mass is 9.81. The summed E-state index contributed by atoms with van der Waals surface area (Å²) in [5, 5.41) is 5.23. The molecule has 1 saturated carbocycles. The number of carbonyl (C=O) groups excluding carboxylic acids is 1. The second-order valence-electron chi connectivity index (χ2n) is 12.1. The molecule has 2 aromatic carbocycles. The monoisotopic (exact) mass is 520 g/mol. The summed E-state index contributed by atoms with van der Waals surface area (Å²) in [4.78, 5) is 15.0. The van der Waals surface area contributed by atoms with Crippen molar-refractivity contribution in [1.29, 1.82) is 0 Å². The predicted molar refractivity (Wildman–Crippen MR) is 143 cm³/mol. The molecule has 7 heteroatoms. The average molecular weight is 521 g/mol. The van der Waals surface area contributed by atoms with E-state index in [1.807, 2.05) is 32.0 Å². The van der Waals surface area contributed by atoms with Crippen LogP contribution in [0.4, 0.5) is 4.39 Å². The Labute approximate surface area is 223 Å². The lowest BCUT2D eigenvalue weighted by Gasteiger charge is -2.36. The second-order valence-corrected chi connectivity index (χ2v) is 12.1. The molecule has 0 bridgehead atoms. The number of benzene rings is 2. The maximum Gasteiger partial charge on any atom is 0.170 e. The van der Waals surface area contributed by atoms with Crippen LogP contribution in [0, 0.1) is 17.7 Å². The molecule has 0 amide bonds. The lowest BCUT2D eigenvalue weighted by molar-refractivity contribution is 0.0617. The van der Waals surface area contributed by atoms with Crippen molar-refractivity contribution in [1.82, 2.24) is 10.1 Å². The zero-order valence-corrected chi connectivity index (χ0v) is 22.4. The quantitative estimate of drug-likeness (QED) is 0.357. The summed E-state index contributed by atoms with van der Waals surface area (Å²) in [5.41, 5.74) is 1.72. The second kappa shape index (κ2) is 10.3. The van der Waals surface area contributed by atoms with Crippen molar-refractivity contribution >= 4 is 16.8 Å². The largest absolute Gasteiger partial charge is 0.493 e. The van der Waals surface area contributed by atoms with E-state index in [0.717, 1.165) is 55.2 Å². The number of aromatic nitrogens is 1. The first-order valence-electron chi connectivity index (χ1n) is 14.1. The molecule has 1 saturated heterocycles. The van der Waals surface area contributed by atoms with Gasteiger partial charge in [0.05, 0.1) is 24.3 Å². The topological polar surface area (TPSA) is 64.8 Å². The molecule has 38 heavy (non-hydrogen) atoms. The summed E-state index contributed by atoms with van der Waals surface area (Å²) in [5.74, 6) is 2.96. The van der Waals surface area contributed by atoms with Gasteiger partial charge in [-0.15, -0.1) is 0 Å². The van der Waals surface area contributed by atoms with Crippen LogP contribution in [0.1, 0.15) is 80.8 Å². The molecule has 0 spiro atoms. The number of hydrogen-bond donors (Lipinski definition) is 0. The summed E-state index contributed by atoms with van der Waals surface area (Å²) in [6.45, 7) is 7.92. The number of rotatable bonds is 6. The van der Waals surface area contributed by atoms with Crippen molar-refractivity contribution in [3.8, 4) is 11.5 Å². The molecule has 202 valence electrons. The molecule has 1 aromatic heterocycles. The van der Waals surface area contributed by atoms with Gasteiger partial charge in [-0.3, -0.25) is 4.79 Å². The Bertz CT molecular complexity index is 1300. The molecule has 2 aliphatic heterocycles. The molecule has 1 aliphatic carbocycles. The third kappa shape index (κ3) is 5.44. The van der Waals surface area contributed by atoms with Gasteiger partial charge in [0.2, 0.25) is 0 Å². The molecule has 3 heterocycles. The van der Waals surface area contributed by atoms with E-state index in [-0.39, 0.29) is 11.6 Å². The molecular weight excluding hydrogens is 483 g/mol. The van der Waals surface area contributed by atoms with E-state index < -0.39 is 5.60 Å². The average Bonchev–Trinajstić information content (AvgIpc) is 3.31. The summed E-state index contributed by atoms with van der Waals surface area (Å²) in [7, 11) is 0. The van der Waals surface area contributed by atoms with E-state index >= 15 is 0 Å². The van der Waals surface area contributed by atoms with Gasteiger partial charge in [-0.1, -0.05) is 5.16 Å². The van der Waals surface area contributed by atoms with Gasteiger partial charge in [0.15, 0.2) is 11.4 Å². The summed E-state index contributed by atoms with van der Waals surface area (Å²) in [6, 6.07) is 10.3. The summed E-state index contributed by atoms with van der Waals surface area (Å²) < 4.78 is 31.1. The molecule has 0 N–H and O–H groups in total. The highest BCUT2D eigenvalue weighted by Crippen LogP contribution is 2.37. The van der Waals surface area contributed by atoms with Gasteiger partial charge in [0.25, 0.3) is 0 Å². The maximum absolute atomic E-state index is 13.5. The minimum absolute atomic E-state index is 0.133. The summed E-state index contributed by atoms with van der Waals surface area (Å²) in [6.07, 6.45) is 7.39. The number of nitrogens with zero attached hydrogens (tertiary/aromatic N) is 2. The number of ketones is 1. The fourth-order valence-electron chi connectivity index (χ4n) is 6.50. The van der Waals surface area contributed by atoms with E-state index in [2.05, 4.69) is 10.1 Å². The summed E-state index contributed by atoms with van der Waals surface area (Å²) >= 11 is 0. The van der Waals surface area contributed by atoms with E-state index in [1.165, 1.54) is 37.8 Å². The van der Waals surface area contributed by atoms with Gasteiger partial charge in [0.1, 0.15) is 22.9 Å². The van der Waals surface area contributed by atoms with Gasteiger partial charge < -0.3 is 18.9 Å². The van der Waals surface area contributed by atoms with Crippen LogP contribution in [0.5, 0.6) is 11.5 Å². The first-order chi connectivity index (χ1) is 18.3. The van der Waals surface area contributed by atoms with Crippen LogP contribution < -0.4 is 9.47 Å². The van der Waals surface area contributed by atoms with Gasteiger partial charge in [-0.05, 0) is 102 Å². The van der Waals surface area contributed by atoms with E-state index in [9.17, 15) is 9.18 Å². The fraction of sp³-hybridized carbons (Fsp3) is 0.548. The van der Waals surface area contributed by atoms with Crippen molar-refractivity contribution in [2.24, 2.45) is 11.8 Å². The lowest BCUT2D eigenvalue weighted by Crippen LogP contribution is -2.37. The van der Waals surface area contributed by atoms with Gasteiger partial charge in [0, 0.05) is 30.0 Å². The molecule has 0 unspecified atom stereocenters. The molecule has 6 rings (SSSR count). The van der Waals surface area contributed by atoms with E-state index in [1.54, 1.807) is 6.07 Å². The normalized spacial score (nSPS) is 24.2. The molecule has 0 radical (unpaired) electrons. The third-order valence-electron chi connectivity index (χ3n) is 8.63. The molecule has 6 nitrogen and oxygen atoms in total. The van der Waals surface area contributed by atoms with Crippen molar-refractivity contribution in [3.63, 3.8) is 0 Å². The van der Waals surface area contributed by atoms with Crippen LogP contribution in [0.3, 0.4) is 0 Å². The fourth-order valence-corrected chi connectivity index (χ4v) is 6.50. The van der Waals surface area contributed by atoms with Crippen LogP contribution in [-0.2, 0) is 0 Å². The van der Waals surface area contributed by atoms with Crippen LogP contribution >= 0.6 is 0 Å². The Morgan fingerprint density at radius 3 is 2.58 bits per heavy atom. The maximum atomic E-state index is 13.5. The van der Waals surface area contributed by atoms with Crippen molar-refractivity contribution in [2.45, 2.75) is 70.3 Å². The number of halogens is 1.